The Bertz CT molecular complexity index is 788. The van der Waals surface area contributed by atoms with Crippen molar-refractivity contribution in [2.24, 2.45) is 0 Å². The summed E-state index contributed by atoms with van der Waals surface area (Å²) in [7, 11) is 2.19. The largest absolute Gasteiger partial charge is 0.504 e. The maximum atomic E-state index is 10.5. The minimum Gasteiger partial charge on any atom is -0.504 e. The topological polar surface area (TPSA) is 35.9 Å². The highest BCUT2D eigenvalue weighted by molar-refractivity contribution is 6.30. The fourth-order valence-corrected chi connectivity index (χ4v) is 4.22. The number of rotatable bonds is 2. The number of hydrogen-bond acceptors (Lipinski definition) is 4. The summed E-state index contributed by atoms with van der Waals surface area (Å²) in [4.78, 5) is 4.90. The quantitative estimate of drug-likeness (QED) is 0.864. The monoisotopic (exact) mass is 372 g/mol. The first kappa shape index (κ1) is 17.7. The van der Waals surface area contributed by atoms with Crippen LogP contribution < -0.4 is 4.74 Å². The molecule has 2 aliphatic heterocycles. The molecule has 5 heteroatoms. The van der Waals surface area contributed by atoms with Crippen LogP contribution in [-0.4, -0.2) is 54.2 Å². The third kappa shape index (κ3) is 3.68. The van der Waals surface area contributed by atoms with Crippen LogP contribution in [0.1, 0.15) is 18.4 Å². The van der Waals surface area contributed by atoms with E-state index < -0.39 is 0 Å². The van der Waals surface area contributed by atoms with Crippen molar-refractivity contribution in [1.82, 2.24) is 9.80 Å². The van der Waals surface area contributed by atoms with Crippen LogP contribution in [0.15, 0.2) is 36.4 Å². The van der Waals surface area contributed by atoms with E-state index >= 15 is 0 Å². The van der Waals surface area contributed by atoms with Crippen molar-refractivity contribution in [2.75, 3.05) is 33.3 Å². The number of likely N-dealkylation sites (tertiary alicyclic amines) is 1. The highest BCUT2D eigenvalue weighted by atomic mass is 35.5. The average Bonchev–Trinajstić information content (AvgIpc) is 2.85. The molecule has 0 saturated carbocycles. The van der Waals surface area contributed by atoms with Gasteiger partial charge in [-0.15, -0.1) is 0 Å². The van der Waals surface area contributed by atoms with Gasteiger partial charge in [-0.05, 0) is 68.4 Å². The molecule has 0 aromatic heterocycles. The molecule has 1 fully saturated rings. The van der Waals surface area contributed by atoms with Crippen LogP contribution in [0.4, 0.5) is 0 Å². The van der Waals surface area contributed by atoms with Gasteiger partial charge in [-0.1, -0.05) is 23.7 Å². The minimum absolute atomic E-state index is 0.211. The summed E-state index contributed by atoms with van der Waals surface area (Å²) in [5.74, 6) is 0.842. The van der Waals surface area contributed by atoms with E-state index in [1.807, 2.05) is 24.3 Å². The summed E-state index contributed by atoms with van der Waals surface area (Å²) >= 11 is 6.14. The van der Waals surface area contributed by atoms with Gasteiger partial charge < -0.3 is 14.7 Å². The Balaban J connectivity index is 1.63. The van der Waals surface area contributed by atoms with Crippen molar-refractivity contribution < 1.29 is 9.84 Å². The van der Waals surface area contributed by atoms with Crippen molar-refractivity contribution in [3.05, 3.63) is 47.0 Å². The number of aromatic hydroxyl groups is 1. The van der Waals surface area contributed by atoms with E-state index in [0.29, 0.717) is 23.4 Å². The van der Waals surface area contributed by atoms with Gasteiger partial charge in [-0.3, -0.25) is 4.90 Å². The standard InChI is InChI=1S/C21H25ClN2O2/c1-23-7-5-19(6-8-23)24-9-10-26-21-17(14-24)11-16(13-20(21)25)15-3-2-4-18(22)12-15/h2-4,11-13,19,25H,5-10,14H2,1H3. The zero-order chi connectivity index (χ0) is 18.1. The van der Waals surface area contributed by atoms with Crippen LogP contribution in [-0.2, 0) is 6.54 Å². The number of phenolic OH excluding ortho intramolecular Hbond substituents is 1. The molecule has 4 nitrogen and oxygen atoms in total. The summed E-state index contributed by atoms with van der Waals surface area (Å²) in [5, 5.41) is 11.2. The Morgan fingerprint density at radius 1 is 1.08 bits per heavy atom. The number of halogens is 1. The first-order valence-corrected chi connectivity index (χ1v) is 9.65. The molecule has 1 saturated heterocycles. The van der Waals surface area contributed by atoms with Gasteiger partial charge in [0.1, 0.15) is 6.61 Å². The number of ether oxygens (including phenoxy) is 1. The van der Waals surface area contributed by atoms with E-state index in [1.54, 1.807) is 6.07 Å². The number of nitrogens with zero attached hydrogens (tertiary/aromatic N) is 2. The van der Waals surface area contributed by atoms with Gasteiger partial charge >= 0.3 is 0 Å². The minimum atomic E-state index is 0.211. The molecule has 2 aromatic carbocycles. The summed E-state index contributed by atoms with van der Waals surface area (Å²) in [5.41, 5.74) is 3.03. The fraction of sp³-hybridized carbons (Fsp3) is 0.429. The van der Waals surface area contributed by atoms with Crippen LogP contribution in [0.25, 0.3) is 11.1 Å². The number of benzene rings is 2. The summed E-state index contributed by atoms with van der Waals surface area (Å²) < 4.78 is 5.91. The maximum absolute atomic E-state index is 10.5. The highest BCUT2D eigenvalue weighted by Gasteiger charge is 2.27. The normalized spacial score (nSPS) is 19.6. The molecule has 0 radical (unpaired) electrons. The molecule has 2 aliphatic rings. The van der Waals surface area contributed by atoms with Gasteiger partial charge in [0.05, 0.1) is 0 Å². The molecule has 1 N–H and O–H groups in total. The predicted molar refractivity (Wildman–Crippen MR) is 105 cm³/mol. The summed E-state index contributed by atoms with van der Waals surface area (Å²) in [6.45, 7) is 4.61. The lowest BCUT2D eigenvalue weighted by Gasteiger charge is -2.36. The Hall–Kier alpha value is -1.75. The second kappa shape index (κ2) is 7.47. The predicted octanol–water partition coefficient (Wildman–Crippen LogP) is 4.00. The molecule has 0 atom stereocenters. The Morgan fingerprint density at radius 3 is 2.65 bits per heavy atom. The SMILES string of the molecule is CN1CCC(N2CCOc3c(O)cc(-c4cccc(Cl)c4)cc3C2)CC1. The maximum Gasteiger partial charge on any atom is 0.165 e. The number of hydrogen-bond donors (Lipinski definition) is 1. The van der Waals surface area contributed by atoms with E-state index in [9.17, 15) is 5.11 Å². The third-order valence-corrected chi connectivity index (χ3v) is 5.74. The molecule has 2 aromatic rings. The van der Waals surface area contributed by atoms with Crippen molar-refractivity contribution in [2.45, 2.75) is 25.4 Å². The van der Waals surface area contributed by atoms with E-state index in [-0.39, 0.29) is 5.75 Å². The molecule has 138 valence electrons. The van der Waals surface area contributed by atoms with Gasteiger partial charge in [0, 0.05) is 29.7 Å². The number of fused-ring (bicyclic) bond motifs is 1. The second-order valence-corrected chi connectivity index (χ2v) is 7.78. The number of phenols is 1. The zero-order valence-corrected chi connectivity index (χ0v) is 15.9. The van der Waals surface area contributed by atoms with Gasteiger partial charge in [0.2, 0.25) is 0 Å². The van der Waals surface area contributed by atoms with Gasteiger partial charge in [-0.25, -0.2) is 0 Å². The molecule has 4 rings (SSSR count). The molecular formula is C21H25ClN2O2. The lowest BCUT2D eigenvalue weighted by Crippen LogP contribution is -2.44. The summed E-state index contributed by atoms with van der Waals surface area (Å²) in [6, 6.07) is 12.2. The zero-order valence-electron chi connectivity index (χ0n) is 15.1. The molecule has 0 spiro atoms. The van der Waals surface area contributed by atoms with Gasteiger partial charge in [0.15, 0.2) is 11.5 Å². The Morgan fingerprint density at radius 2 is 1.88 bits per heavy atom. The third-order valence-electron chi connectivity index (χ3n) is 5.51. The van der Waals surface area contributed by atoms with Crippen molar-refractivity contribution in [3.8, 4) is 22.6 Å². The Kier molecular flexibility index (Phi) is 5.07. The van der Waals surface area contributed by atoms with Crippen LogP contribution in [0.5, 0.6) is 11.5 Å². The average molecular weight is 373 g/mol. The molecule has 0 unspecified atom stereocenters. The van der Waals surface area contributed by atoms with Crippen molar-refractivity contribution in [1.29, 1.82) is 0 Å². The van der Waals surface area contributed by atoms with Crippen LogP contribution in [0, 0.1) is 0 Å². The van der Waals surface area contributed by atoms with Crippen LogP contribution in [0.2, 0.25) is 5.02 Å². The first-order chi connectivity index (χ1) is 12.6. The van der Waals surface area contributed by atoms with Gasteiger partial charge in [0.25, 0.3) is 0 Å². The smallest absolute Gasteiger partial charge is 0.165 e. The molecule has 0 bridgehead atoms. The van der Waals surface area contributed by atoms with E-state index in [4.69, 9.17) is 16.3 Å². The van der Waals surface area contributed by atoms with Crippen LogP contribution >= 0.6 is 11.6 Å². The van der Waals surface area contributed by atoms with E-state index in [2.05, 4.69) is 22.9 Å². The second-order valence-electron chi connectivity index (χ2n) is 7.35. The molecule has 0 aliphatic carbocycles. The molecule has 2 heterocycles. The number of piperidine rings is 1. The molecule has 26 heavy (non-hydrogen) atoms. The summed E-state index contributed by atoms with van der Waals surface area (Å²) in [6.07, 6.45) is 2.37. The highest BCUT2D eigenvalue weighted by Crippen LogP contribution is 2.38. The Labute approximate surface area is 159 Å². The fourth-order valence-electron chi connectivity index (χ4n) is 4.03. The lowest BCUT2D eigenvalue weighted by molar-refractivity contribution is 0.107. The van der Waals surface area contributed by atoms with Crippen molar-refractivity contribution >= 4 is 11.6 Å². The van der Waals surface area contributed by atoms with E-state index in [1.165, 1.54) is 12.8 Å². The molecular weight excluding hydrogens is 348 g/mol. The van der Waals surface area contributed by atoms with Crippen molar-refractivity contribution in [3.63, 3.8) is 0 Å². The van der Waals surface area contributed by atoms with Gasteiger partial charge in [-0.2, -0.15) is 0 Å². The van der Waals surface area contributed by atoms with Crippen LogP contribution in [0.3, 0.4) is 0 Å². The van der Waals surface area contributed by atoms with E-state index in [0.717, 1.165) is 42.9 Å². The lowest BCUT2D eigenvalue weighted by atomic mass is 9.99. The molecule has 0 amide bonds. The first-order valence-electron chi connectivity index (χ1n) is 9.27.